The monoisotopic (exact) mass is 541 g/mol. The maximum absolute atomic E-state index is 13.3. The number of carbonyl (C=O) groups is 1. The van der Waals surface area contributed by atoms with Gasteiger partial charge in [0.1, 0.15) is 23.1 Å². The highest BCUT2D eigenvalue weighted by molar-refractivity contribution is 7.19. The molecular weight excluding hydrogens is 510 g/mol. The normalized spacial score (nSPS) is 15.0. The molecule has 0 radical (unpaired) electrons. The third-order valence-electron chi connectivity index (χ3n) is 7.06. The number of nitrogens with zero attached hydrogens (tertiary/aromatic N) is 5. The first-order valence-electron chi connectivity index (χ1n) is 13.1. The zero-order valence-corrected chi connectivity index (χ0v) is 22.9. The van der Waals surface area contributed by atoms with E-state index in [0.717, 1.165) is 57.6 Å². The van der Waals surface area contributed by atoms with Crippen LogP contribution >= 0.6 is 11.3 Å². The van der Waals surface area contributed by atoms with Gasteiger partial charge in [-0.15, -0.1) is 11.3 Å². The molecule has 1 amide bonds. The number of H-pyrrole nitrogens is 1. The molecule has 0 fully saturated rings. The number of nitrogens with one attached hydrogen (secondary N) is 2. The first-order chi connectivity index (χ1) is 19.0. The lowest BCUT2D eigenvalue weighted by atomic mass is 9.94. The van der Waals surface area contributed by atoms with Crippen LogP contribution in [0.3, 0.4) is 0 Å². The van der Waals surface area contributed by atoms with E-state index in [9.17, 15) is 4.79 Å². The van der Waals surface area contributed by atoms with Crippen LogP contribution in [0.5, 0.6) is 0 Å². The summed E-state index contributed by atoms with van der Waals surface area (Å²) in [7, 11) is 4.02. The molecule has 1 unspecified atom stereocenters. The van der Waals surface area contributed by atoms with Crippen LogP contribution in [0.15, 0.2) is 61.1 Å². The lowest BCUT2D eigenvalue weighted by Crippen LogP contribution is -2.39. The number of aromatic amines is 1. The molecule has 0 aliphatic heterocycles. The van der Waals surface area contributed by atoms with E-state index in [-0.39, 0.29) is 12.2 Å². The van der Waals surface area contributed by atoms with E-state index in [1.807, 2.05) is 62.8 Å². The van der Waals surface area contributed by atoms with Gasteiger partial charge in [0.15, 0.2) is 0 Å². The minimum absolute atomic E-state index is 0.163. The molecule has 0 bridgehead atoms. The molecule has 1 aliphatic carbocycles. The number of aryl methyl sites for hydroxylation is 1. The Morgan fingerprint density at radius 3 is 2.87 bits per heavy atom. The van der Waals surface area contributed by atoms with E-state index in [1.54, 1.807) is 22.6 Å². The predicted octanol–water partition coefficient (Wildman–Crippen LogP) is 5.37. The lowest BCUT2D eigenvalue weighted by molar-refractivity contribution is 0.0536. The van der Waals surface area contributed by atoms with Crippen molar-refractivity contribution < 1.29 is 9.53 Å². The number of benzene rings is 2. The van der Waals surface area contributed by atoms with E-state index in [1.165, 1.54) is 10.4 Å². The molecule has 39 heavy (non-hydrogen) atoms. The summed E-state index contributed by atoms with van der Waals surface area (Å²) < 4.78 is 6.08. The summed E-state index contributed by atoms with van der Waals surface area (Å²) >= 11 is 1.67. The molecule has 2 N–H and O–H groups in total. The second-order valence-electron chi connectivity index (χ2n) is 10.2. The maximum Gasteiger partial charge on any atom is 0.410 e. The standard InChI is InChI=1S/C29H31N7O2S/c1-35(2)12-13-36(17-19-6-4-3-5-7-19)29(37)38-22-9-10-23-25(15-22)39-28-26(23)27(30-18-31-28)33-21-8-11-24-20(14-21)16-32-34-24/h3-8,11,14,16,18,22H,9-10,12-13,15,17H2,1-2H3,(H,32,34)(H,30,31,33). The molecule has 10 heteroatoms. The van der Waals surface area contributed by atoms with E-state index in [0.29, 0.717) is 19.5 Å². The number of likely N-dealkylation sites (N-methyl/N-ethyl adjacent to an activating group) is 1. The Kier molecular flexibility index (Phi) is 7.12. The Balaban J connectivity index is 1.18. The summed E-state index contributed by atoms with van der Waals surface area (Å²) in [5, 5.41) is 12.7. The SMILES string of the molecule is CN(C)CCN(Cc1ccccc1)C(=O)OC1CCc2c(sc3ncnc(Nc4ccc5[nH]ncc5c4)c23)C1. The molecule has 0 saturated heterocycles. The van der Waals surface area contributed by atoms with Crippen molar-refractivity contribution in [3.63, 3.8) is 0 Å². The third-order valence-corrected chi connectivity index (χ3v) is 8.22. The van der Waals surface area contributed by atoms with Gasteiger partial charge in [0.2, 0.25) is 0 Å². The van der Waals surface area contributed by atoms with Gasteiger partial charge in [0.25, 0.3) is 0 Å². The van der Waals surface area contributed by atoms with E-state index in [4.69, 9.17) is 4.74 Å². The van der Waals surface area contributed by atoms with E-state index in [2.05, 4.69) is 36.4 Å². The van der Waals surface area contributed by atoms with E-state index >= 15 is 0 Å². The number of amides is 1. The van der Waals surface area contributed by atoms with Gasteiger partial charge in [0.05, 0.1) is 17.1 Å². The minimum Gasteiger partial charge on any atom is -0.446 e. The van der Waals surface area contributed by atoms with Crippen molar-refractivity contribution in [1.29, 1.82) is 0 Å². The van der Waals surface area contributed by atoms with Crippen LogP contribution in [0.4, 0.5) is 16.3 Å². The summed E-state index contributed by atoms with van der Waals surface area (Å²) in [6.45, 7) is 1.91. The maximum atomic E-state index is 13.3. The zero-order chi connectivity index (χ0) is 26.8. The van der Waals surface area contributed by atoms with Gasteiger partial charge in [0, 0.05) is 42.0 Å². The van der Waals surface area contributed by atoms with Crippen molar-refractivity contribution in [1.82, 2.24) is 30.0 Å². The van der Waals surface area contributed by atoms with Crippen molar-refractivity contribution in [2.24, 2.45) is 0 Å². The van der Waals surface area contributed by atoms with Crippen molar-refractivity contribution in [3.8, 4) is 0 Å². The van der Waals surface area contributed by atoms with Gasteiger partial charge < -0.3 is 19.9 Å². The van der Waals surface area contributed by atoms with Crippen LogP contribution in [0, 0.1) is 0 Å². The van der Waals surface area contributed by atoms with Crippen LogP contribution in [0.2, 0.25) is 0 Å². The topological polar surface area (TPSA) is 99.3 Å². The number of hydrogen-bond acceptors (Lipinski definition) is 8. The Bertz CT molecular complexity index is 1600. The Morgan fingerprint density at radius 1 is 1.15 bits per heavy atom. The fraction of sp³-hybridized carbons (Fsp3) is 0.310. The molecule has 6 rings (SSSR count). The Morgan fingerprint density at radius 2 is 2.03 bits per heavy atom. The summed E-state index contributed by atoms with van der Waals surface area (Å²) in [5.74, 6) is 0.800. The first-order valence-corrected chi connectivity index (χ1v) is 13.9. The molecule has 1 atom stereocenters. The first kappa shape index (κ1) is 25.3. The molecule has 0 saturated carbocycles. The number of anilines is 2. The largest absolute Gasteiger partial charge is 0.446 e. The number of rotatable bonds is 8. The van der Waals surface area contributed by atoms with Crippen molar-refractivity contribution >= 4 is 50.1 Å². The molecule has 2 aromatic carbocycles. The molecule has 3 aromatic heterocycles. The highest BCUT2D eigenvalue weighted by Crippen LogP contribution is 2.39. The van der Waals surface area contributed by atoms with Gasteiger partial charge in [-0.25, -0.2) is 14.8 Å². The van der Waals surface area contributed by atoms with Crippen LogP contribution in [0.1, 0.15) is 22.4 Å². The molecule has 1 aliphatic rings. The molecule has 3 heterocycles. The second-order valence-corrected chi connectivity index (χ2v) is 11.2. The fourth-order valence-electron chi connectivity index (χ4n) is 5.01. The Hall–Kier alpha value is -4.02. The minimum atomic E-state index is -0.257. The van der Waals surface area contributed by atoms with E-state index < -0.39 is 0 Å². The molecule has 9 nitrogen and oxygen atoms in total. The highest BCUT2D eigenvalue weighted by atomic mass is 32.1. The number of thiophene rings is 1. The second kappa shape index (κ2) is 11.0. The van der Waals surface area contributed by atoms with Crippen molar-refractivity contribution in [3.05, 3.63) is 77.1 Å². The van der Waals surface area contributed by atoms with Crippen LogP contribution < -0.4 is 5.32 Å². The Labute approximate surface area is 230 Å². The smallest absolute Gasteiger partial charge is 0.410 e. The molecule has 0 spiro atoms. The predicted molar refractivity (Wildman–Crippen MR) is 154 cm³/mol. The number of aromatic nitrogens is 4. The van der Waals surface area contributed by atoms with Gasteiger partial charge in [-0.05, 0) is 56.3 Å². The third kappa shape index (κ3) is 5.57. The quantitative estimate of drug-likeness (QED) is 0.273. The van der Waals surface area contributed by atoms with Crippen molar-refractivity contribution in [2.75, 3.05) is 32.5 Å². The summed E-state index contributed by atoms with van der Waals surface area (Å²) in [4.78, 5) is 28.5. The molecule has 5 aromatic rings. The van der Waals surface area contributed by atoms with Crippen LogP contribution in [0.25, 0.3) is 21.1 Å². The lowest BCUT2D eigenvalue weighted by Gasteiger charge is -2.28. The van der Waals surface area contributed by atoms with Gasteiger partial charge in [-0.2, -0.15) is 5.10 Å². The number of hydrogen-bond donors (Lipinski definition) is 2. The zero-order valence-electron chi connectivity index (χ0n) is 22.1. The van der Waals surface area contributed by atoms with Crippen LogP contribution in [-0.2, 0) is 24.1 Å². The summed E-state index contributed by atoms with van der Waals surface area (Å²) in [5.41, 5.74) is 4.28. The fourth-order valence-corrected chi connectivity index (χ4v) is 6.26. The molecular formula is C29H31N7O2S. The number of ether oxygens (including phenoxy) is 1. The van der Waals surface area contributed by atoms with Gasteiger partial charge >= 0.3 is 6.09 Å². The number of carbonyl (C=O) groups excluding carboxylic acids is 1. The number of fused-ring (bicyclic) bond motifs is 4. The molecule has 200 valence electrons. The van der Waals surface area contributed by atoms with Gasteiger partial charge in [-0.3, -0.25) is 5.10 Å². The summed E-state index contributed by atoms with van der Waals surface area (Å²) in [6, 6.07) is 16.1. The van der Waals surface area contributed by atoms with Crippen LogP contribution in [-0.4, -0.2) is 69.3 Å². The summed E-state index contributed by atoms with van der Waals surface area (Å²) in [6.07, 6.45) is 5.27. The van der Waals surface area contributed by atoms with Crippen molar-refractivity contribution in [2.45, 2.75) is 31.9 Å². The average Bonchev–Trinajstić information content (AvgIpc) is 3.55. The average molecular weight is 542 g/mol. The highest BCUT2D eigenvalue weighted by Gasteiger charge is 2.29. The van der Waals surface area contributed by atoms with Gasteiger partial charge in [-0.1, -0.05) is 30.3 Å².